The molecule has 3 heteroatoms. The Morgan fingerprint density at radius 2 is 2.05 bits per heavy atom. The Balaban J connectivity index is 1.77. The smallest absolute Gasteiger partial charge is 0.125 e. The predicted molar refractivity (Wildman–Crippen MR) is 79.9 cm³/mol. The Kier molecular flexibility index (Phi) is 3.74. The molecule has 110 valence electrons. The van der Waals surface area contributed by atoms with Crippen LogP contribution in [0.2, 0.25) is 0 Å². The number of benzene rings is 1. The molecule has 3 rings (SSSR count). The molecule has 2 unspecified atom stereocenters. The number of aliphatic hydroxyl groups excluding tert-OH is 1. The second-order valence-electron chi connectivity index (χ2n) is 6.29. The first kappa shape index (κ1) is 13.9. The van der Waals surface area contributed by atoms with Crippen molar-refractivity contribution in [2.45, 2.75) is 45.3 Å². The molecule has 1 aromatic carbocycles. The van der Waals surface area contributed by atoms with E-state index in [4.69, 9.17) is 4.74 Å². The highest BCUT2D eigenvalue weighted by Gasteiger charge is 2.42. The standard InChI is InChI=1S/C17H25NO2/c1-3-17(4-2)9-10-18(12-17)14-11-20-15-8-6-5-7-13(15)16(14)19/h5-8,14,16,19H,3-4,9-12H2,1-2H3. The molecular weight excluding hydrogens is 250 g/mol. The van der Waals surface area contributed by atoms with Crippen LogP contribution in [0.25, 0.3) is 0 Å². The molecule has 0 saturated carbocycles. The lowest BCUT2D eigenvalue weighted by Gasteiger charge is -2.37. The molecule has 0 amide bonds. The van der Waals surface area contributed by atoms with E-state index < -0.39 is 6.10 Å². The highest BCUT2D eigenvalue weighted by molar-refractivity contribution is 5.37. The van der Waals surface area contributed by atoms with Gasteiger partial charge in [-0.15, -0.1) is 0 Å². The molecule has 1 fully saturated rings. The van der Waals surface area contributed by atoms with Crippen LogP contribution < -0.4 is 4.74 Å². The Morgan fingerprint density at radius 1 is 1.30 bits per heavy atom. The number of nitrogens with zero attached hydrogens (tertiary/aromatic N) is 1. The average Bonchev–Trinajstić information content (AvgIpc) is 2.93. The van der Waals surface area contributed by atoms with Crippen LogP contribution in [0.15, 0.2) is 24.3 Å². The van der Waals surface area contributed by atoms with Gasteiger partial charge >= 0.3 is 0 Å². The summed E-state index contributed by atoms with van der Waals surface area (Å²) in [5.74, 6) is 0.840. The molecule has 0 radical (unpaired) electrons. The van der Waals surface area contributed by atoms with E-state index in [2.05, 4.69) is 18.7 Å². The van der Waals surface area contributed by atoms with E-state index in [9.17, 15) is 5.11 Å². The van der Waals surface area contributed by atoms with Crippen molar-refractivity contribution >= 4 is 0 Å². The maximum Gasteiger partial charge on any atom is 0.125 e. The van der Waals surface area contributed by atoms with Gasteiger partial charge in [-0.05, 0) is 37.3 Å². The van der Waals surface area contributed by atoms with Crippen LogP contribution in [-0.4, -0.2) is 35.7 Å². The van der Waals surface area contributed by atoms with Gasteiger partial charge in [-0.1, -0.05) is 32.0 Å². The van der Waals surface area contributed by atoms with E-state index >= 15 is 0 Å². The molecule has 2 aliphatic heterocycles. The number of rotatable bonds is 3. The first-order chi connectivity index (χ1) is 9.69. The quantitative estimate of drug-likeness (QED) is 0.920. The van der Waals surface area contributed by atoms with E-state index in [1.807, 2.05) is 24.3 Å². The summed E-state index contributed by atoms with van der Waals surface area (Å²) in [7, 11) is 0. The maximum absolute atomic E-state index is 10.7. The Morgan fingerprint density at radius 3 is 2.75 bits per heavy atom. The third kappa shape index (κ3) is 2.23. The van der Waals surface area contributed by atoms with Crippen molar-refractivity contribution in [2.24, 2.45) is 5.41 Å². The number of ether oxygens (including phenoxy) is 1. The number of hydrogen-bond acceptors (Lipinski definition) is 3. The lowest BCUT2D eigenvalue weighted by atomic mass is 9.82. The fourth-order valence-corrected chi connectivity index (χ4v) is 3.71. The molecule has 2 heterocycles. The van der Waals surface area contributed by atoms with Gasteiger partial charge in [0.15, 0.2) is 0 Å². The molecule has 1 N–H and O–H groups in total. The lowest BCUT2D eigenvalue weighted by Crippen LogP contribution is -2.45. The molecule has 0 bridgehead atoms. The molecule has 1 saturated heterocycles. The summed E-state index contributed by atoms with van der Waals surface area (Å²) in [6, 6.07) is 7.96. The van der Waals surface area contributed by atoms with Crippen molar-refractivity contribution in [3.8, 4) is 5.75 Å². The van der Waals surface area contributed by atoms with Gasteiger partial charge in [-0.25, -0.2) is 0 Å². The normalized spacial score (nSPS) is 28.9. The summed E-state index contributed by atoms with van der Waals surface area (Å²) in [6.45, 7) is 7.34. The molecular formula is C17H25NO2. The van der Waals surface area contributed by atoms with Crippen molar-refractivity contribution in [2.75, 3.05) is 19.7 Å². The minimum Gasteiger partial charge on any atom is -0.491 e. The largest absolute Gasteiger partial charge is 0.491 e. The van der Waals surface area contributed by atoms with E-state index in [1.54, 1.807) is 0 Å². The minimum absolute atomic E-state index is 0.102. The van der Waals surface area contributed by atoms with Crippen LogP contribution in [0, 0.1) is 5.41 Å². The monoisotopic (exact) mass is 275 g/mol. The number of hydrogen-bond donors (Lipinski definition) is 1. The molecule has 3 nitrogen and oxygen atoms in total. The second kappa shape index (κ2) is 5.38. The zero-order valence-corrected chi connectivity index (χ0v) is 12.5. The fourth-order valence-electron chi connectivity index (χ4n) is 3.71. The average molecular weight is 275 g/mol. The van der Waals surface area contributed by atoms with Crippen molar-refractivity contribution < 1.29 is 9.84 Å². The summed E-state index contributed by atoms with van der Waals surface area (Å²) in [5, 5.41) is 10.7. The molecule has 2 aliphatic rings. The van der Waals surface area contributed by atoms with Gasteiger partial charge in [0.25, 0.3) is 0 Å². The van der Waals surface area contributed by atoms with Gasteiger partial charge in [-0.3, -0.25) is 4.90 Å². The van der Waals surface area contributed by atoms with Crippen LogP contribution in [0.4, 0.5) is 0 Å². The van der Waals surface area contributed by atoms with E-state index in [-0.39, 0.29) is 6.04 Å². The van der Waals surface area contributed by atoms with Gasteiger partial charge in [0.2, 0.25) is 0 Å². The minimum atomic E-state index is -0.426. The number of para-hydroxylation sites is 1. The fraction of sp³-hybridized carbons (Fsp3) is 0.647. The van der Waals surface area contributed by atoms with Crippen molar-refractivity contribution in [1.29, 1.82) is 0 Å². The zero-order chi connectivity index (χ0) is 14.2. The number of fused-ring (bicyclic) bond motifs is 1. The first-order valence-corrected chi connectivity index (χ1v) is 7.83. The molecule has 1 aromatic rings. The first-order valence-electron chi connectivity index (χ1n) is 7.83. The highest BCUT2D eigenvalue weighted by atomic mass is 16.5. The van der Waals surface area contributed by atoms with Gasteiger partial charge in [-0.2, -0.15) is 0 Å². The number of aliphatic hydroxyl groups is 1. The second-order valence-corrected chi connectivity index (χ2v) is 6.29. The van der Waals surface area contributed by atoms with Crippen LogP contribution in [-0.2, 0) is 0 Å². The summed E-state index contributed by atoms with van der Waals surface area (Å²) in [6.07, 6.45) is 3.26. The molecule has 20 heavy (non-hydrogen) atoms. The van der Waals surface area contributed by atoms with Crippen molar-refractivity contribution in [1.82, 2.24) is 4.90 Å². The zero-order valence-electron chi connectivity index (χ0n) is 12.5. The van der Waals surface area contributed by atoms with Gasteiger partial charge in [0.1, 0.15) is 18.5 Å². The summed E-state index contributed by atoms with van der Waals surface area (Å²) < 4.78 is 5.85. The van der Waals surface area contributed by atoms with Crippen molar-refractivity contribution in [3.63, 3.8) is 0 Å². The van der Waals surface area contributed by atoms with E-state index in [1.165, 1.54) is 19.3 Å². The summed E-state index contributed by atoms with van der Waals surface area (Å²) in [5.41, 5.74) is 1.38. The Bertz CT molecular complexity index is 470. The topological polar surface area (TPSA) is 32.7 Å². The van der Waals surface area contributed by atoms with Crippen LogP contribution in [0.1, 0.15) is 44.8 Å². The SMILES string of the molecule is CCC1(CC)CCN(C2COc3ccccc3C2O)C1. The Hall–Kier alpha value is -1.06. The highest BCUT2D eigenvalue weighted by Crippen LogP contribution is 2.41. The molecule has 0 aromatic heterocycles. The van der Waals surface area contributed by atoms with E-state index in [0.717, 1.165) is 24.4 Å². The molecule has 0 aliphatic carbocycles. The van der Waals surface area contributed by atoms with Gasteiger partial charge in [0.05, 0.1) is 6.04 Å². The predicted octanol–water partition coefficient (Wildman–Crippen LogP) is 2.99. The summed E-state index contributed by atoms with van der Waals surface area (Å²) in [4.78, 5) is 2.44. The Labute approximate surface area is 121 Å². The van der Waals surface area contributed by atoms with E-state index in [0.29, 0.717) is 12.0 Å². The third-order valence-corrected chi connectivity index (χ3v) is 5.45. The number of likely N-dealkylation sites (tertiary alicyclic amines) is 1. The van der Waals surface area contributed by atoms with Gasteiger partial charge in [0, 0.05) is 12.1 Å². The van der Waals surface area contributed by atoms with Crippen LogP contribution in [0.3, 0.4) is 0 Å². The molecule has 2 atom stereocenters. The van der Waals surface area contributed by atoms with Crippen molar-refractivity contribution in [3.05, 3.63) is 29.8 Å². The lowest BCUT2D eigenvalue weighted by molar-refractivity contribution is 0.00852. The third-order valence-electron chi connectivity index (χ3n) is 5.45. The van der Waals surface area contributed by atoms with Crippen LogP contribution >= 0.6 is 0 Å². The van der Waals surface area contributed by atoms with Gasteiger partial charge < -0.3 is 9.84 Å². The maximum atomic E-state index is 10.7. The van der Waals surface area contributed by atoms with Crippen LogP contribution in [0.5, 0.6) is 5.75 Å². The summed E-state index contributed by atoms with van der Waals surface area (Å²) >= 11 is 0. The molecule has 0 spiro atoms.